The van der Waals surface area contributed by atoms with Crippen molar-refractivity contribution in [2.75, 3.05) is 11.4 Å². The van der Waals surface area contributed by atoms with Gasteiger partial charge in [0.25, 0.3) is 0 Å². The fourth-order valence-corrected chi connectivity index (χ4v) is 3.42. The molecule has 1 heterocycles. The first-order valence-electron chi connectivity index (χ1n) is 8.63. The van der Waals surface area contributed by atoms with Gasteiger partial charge in [0.15, 0.2) is 0 Å². The van der Waals surface area contributed by atoms with Gasteiger partial charge >= 0.3 is 5.97 Å². The SMILES string of the molecule is Cc1cccc(-c2ccccc2)c1N1CCC(O)CC1/N=C(\N)C(=O)O. The minimum atomic E-state index is -1.25. The van der Waals surface area contributed by atoms with Crippen molar-refractivity contribution in [3.8, 4) is 11.1 Å². The maximum absolute atomic E-state index is 11.1. The highest BCUT2D eigenvalue weighted by Gasteiger charge is 2.30. The standard InChI is InChI=1S/C20H23N3O3/c1-13-6-5-9-16(14-7-3-2-4-8-14)18(13)23-11-10-15(24)12-17(23)22-19(21)20(25)26/h2-9,15,17,24H,10-12H2,1H3,(H2,21,22)(H,25,26). The molecule has 2 atom stereocenters. The summed E-state index contributed by atoms with van der Waals surface area (Å²) in [5, 5.41) is 19.2. The van der Waals surface area contributed by atoms with Crippen LogP contribution in [-0.2, 0) is 4.79 Å². The Morgan fingerprint density at radius 3 is 2.62 bits per heavy atom. The third-order valence-corrected chi connectivity index (χ3v) is 4.66. The Bertz CT molecular complexity index is 820. The molecule has 0 spiro atoms. The van der Waals surface area contributed by atoms with E-state index in [-0.39, 0.29) is 0 Å². The zero-order chi connectivity index (χ0) is 18.7. The third kappa shape index (κ3) is 3.70. The molecule has 1 saturated heterocycles. The number of nitrogens with zero attached hydrogens (tertiary/aromatic N) is 2. The monoisotopic (exact) mass is 353 g/mol. The summed E-state index contributed by atoms with van der Waals surface area (Å²) in [4.78, 5) is 17.4. The number of carbonyl (C=O) groups is 1. The Labute approximate surface area is 152 Å². The van der Waals surface area contributed by atoms with Crippen LogP contribution in [0.2, 0.25) is 0 Å². The number of nitrogens with two attached hydrogens (primary N) is 1. The van der Waals surface area contributed by atoms with Crippen molar-refractivity contribution in [3.05, 3.63) is 54.1 Å². The molecule has 1 fully saturated rings. The predicted octanol–water partition coefficient (Wildman–Crippen LogP) is 2.39. The second kappa shape index (κ2) is 7.58. The van der Waals surface area contributed by atoms with Gasteiger partial charge in [-0.1, -0.05) is 48.5 Å². The van der Waals surface area contributed by atoms with Crippen LogP contribution in [-0.4, -0.2) is 40.8 Å². The normalized spacial score (nSPS) is 20.8. The zero-order valence-corrected chi connectivity index (χ0v) is 14.7. The molecule has 2 aromatic carbocycles. The van der Waals surface area contributed by atoms with Crippen LogP contribution in [0.15, 0.2) is 53.5 Å². The molecule has 0 amide bonds. The summed E-state index contributed by atoms with van der Waals surface area (Å²) >= 11 is 0. The summed E-state index contributed by atoms with van der Waals surface area (Å²) in [6.45, 7) is 2.60. The second-order valence-electron chi connectivity index (χ2n) is 6.51. The number of piperidine rings is 1. The van der Waals surface area contributed by atoms with Gasteiger partial charge in [-0.25, -0.2) is 9.79 Å². The van der Waals surface area contributed by atoms with Crippen LogP contribution < -0.4 is 10.6 Å². The van der Waals surface area contributed by atoms with Gasteiger partial charge in [0, 0.05) is 24.2 Å². The maximum atomic E-state index is 11.1. The molecule has 6 nitrogen and oxygen atoms in total. The minimum absolute atomic E-state index is 0.344. The fourth-order valence-electron chi connectivity index (χ4n) is 3.42. The first-order valence-corrected chi connectivity index (χ1v) is 8.63. The summed E-state index contributed by atoms with van der Waals surface area (Å²) in [6, 6.07) is 16.1. The number of para-hydroxylation sites is 1. The van der Waals surface area contributed by atoms with Gasteiger partial charge in [0.05, 0.1) is 6.10 Å². The van der Waals surface area contributed by atoms with E-state index in [1.165, 1.54) is 0 Å². The van der Waals surface area contributed by atoms with Crippen LogP contribution in [0.1, 0.15) is 18.4 Å². The van der Waals surface area contributed by atoms with Crippen LogP contribution in [0.3, 0.4) is 0 Å². The summed E-state index contributed by atoms with van der Waals surface area (Å²) in [6.07, 6.45) is -0.0952. The number of rotatable bonds is 3. The minimum Gasteiger partial charge on any atom is -0.475 e. The topological polar surface area (TPSA) is 99.1 Å². The lowest BCUT2D eigenvalue weighted by Crippen LogP contribution is -2.45. The van der Waals surface area contributed by atoms with Crippen molar-refractivity contribution in [1.82, 2.24) is 0 Å². The van der Waals surface area contributed by atoms with Gasteiger partial charge in [0.1, 0.15) is 6.17 Å². The number of aliphatic imine (C=N–C) groups is 1. The van der Waals surface area contributed by atoms with Gasteiger partial charge in [-0.15, -0.1) is 0 Å². The number of benzene rings is 2. The van der Waals surface area contributed by atoms with E-state index in [1.54, 1.807) is 0 Å². The molecule has 1 aliphatic heterocycles. The summed E-state index contributed by atoms with van der Waals surface area (Å²) in [5.74, 6) is -1.69. The average molecular weight is 353 g/mol. The van der Waals surface area contributed by atoms with E-state index < -0.39 is 24.1 Å². The van der Waals surface area contributed by atoms with Crippen molar-refractivity contribution < 1.29 is 15.0 Å². The molecule has 136 valence electrons. The van der Waals surface area contributed by atoms with Crippen LogP contribution in [0.4, 0.5) is 5.69 Å². The molecule has 4 N–H and O–H groups in total. The van der Waals surface area contributed by atoms with Crippen molar-refractivity contribution in [2.24, 2.45) is 10.7 Å². The number of carboxylic acid groups (broad SMARTS) is 1. The summed E-state index contributed by atoms with van der Waals surface area (Å²) in [5.41, 5.74) is 9.75. The molecular formula is C20H23N3O3. The molecule has 26 heavy (non-hydrogen) atoms. The van der Waals surface area contributed by atoms with E-state index in [9.17, 15) is 9.90 Å². The van der Waals surface area contributed by atoms with E-state index >= 15 is 0 Å². The highest BCUT2D eigenvalue weighted by atomic mass is 16.4. The van der Waals surface area contributed by atoms with Gasteiger partial charge in [-0.3, -0.25) is 0 Å². The highest BCUT2D eigenvalue weighted by Crippen LogP contribution is 2.37. The second-order valence-corrected chi connectivity index (χ2v) is 6.51. The van der Waals surface area contributed by atoms with Crippen molar-refractivity contribution in [1.29, 1.82) is 0 Å². The largest absolute Gasteiger partial charge is 0.475 e. The van der Waals surface area contributed by atoms with Gasteiger partial charge < -0.3 is 20.8 Å². The highest BCUT2D eigenvalue weighted by molar-refractivity contribution is 6.33. The molecule has 0 aromatic heterocycles. The van der Waals surface area contributed by atoms with Crippen LogP contribution in [0, 0.1) is 6.92 Å². The Kier molecular flexibility index (Phi) is 5.23. The van der Waals surface area contributed by atoms with Crippen molar-refractivity contribution in [2.45, 2.75) is 32.0 Å². The molecule has 3 rings (SSSR count). The lowest BCUT2D eigenvalue weighted by Gasteiger charge is -2.39. The van der Waals surface area contributed by atoms with E-state index in [0.717, 1.165) is 22.4 Å². The maximum Gasteiger partial charge on any atom is 0.371 e. The van der Waals surface area contributed by atoms with E-state index in [4.69, 9.17) is 10.8 Å². The molecule has 2 unspecified atom stereocenters. The number of aliphatic hydroxyl groups excluding tert-OH is 1. The Balaban J connectivity index is 2.08. The van der Waals surface area contributed by atoms with Crippen LogP contribution in [0.5, 0.6) is 0 Å². The number of carboxylic acids is 1. The Morgan fingerprint density at radius 2 is 1.92 bits per heavy atom. The number of amidine groups is 1. The Hall–Kier alpha value is -2.86. The zero-order valence-electron chi connectivity index (χ0n) is 14.7. The first kappa shape index (κ1) is 17.9. The van der Waals surface area contributed by atoms with E-state index in [2.05, 4.69) is 9.89 Å². The van der Waals surface area contributed by atoms with Crippen LogP contribution in [0.25, 0.3) is 11.1 Å². The molecular weight excluding hydrogens is 330 g/mol. The number of hydrogen-bond donors (Lipinski definition) is 3. The quantitative estimate of drug-likeness (QED) is 0.581. The Morgan fingerprint density at radius 1 is 1.19 bits per heavy atom. The molecule has 0 bridgehead atoms. The molecule has 6 heteroatoms. The number of aliphatic hydroxyl groups is 1. The van der Waals surface area contributed by atoms with Crippen LogP contribution >= 0.6 is 0 Å². The summed E-state index contributed by atoms with van der Waals surface area (Å²) in [7, 11) is 0. The fraction of sp³-hybridized carbons (Fsp3) is 0.300. The van der Waals surface area contributed by atoms with Gasteiger partial charge in [-0.05, 0) is 24.5 Å². The van der Waals surface area contributed by atoms with Gasteiger partial charge in [-0.2, -0.15) is 0 Å². The molecule has 2 aromatic rings. The molecule has 0 aliphatic carbocycles. The number of aryl methyl sites for hydroxylation is 1. The van der Waals surface area contributed by atoms with Gasteiger partial charge in [0.2, 0.25) is 5.84 Å². The smallest absolute Gasteiger partial charge is 0.371 e. The predicted molar refractivity (Wildman–Crippen MR) is 102 cm³/mol. The molecule has 1 aliphatic rings. The number of anilines is 1. The summed E-state index contributed by atoms with van der Waals surface area (Å²) < 4.78 is 0. The molecule has 0 saturated carbocycles. The number of aliphatic carboxylic acids is 1. The average Bonchev–Trinajstić information content (AvgIpc) is 2.63. The number of hydrogen-bond acceptors (Lipinski definition) is 4. The third-order valence-electron chi connectivity index (χ3n) is 4.66. The first-order chi connectivity index (χ1) is 12.5. The molecule has 0 radical (unpaired) electrons. The lowest BCUT2D eigenvalue weighted by molar-refractivity contribution is -0.129. The lowest BCUT2D eigenvalue weighted by atomic mass is 9.96. The van der Waals surface area contributed by atoms with Crippen molar-refractivity contribution >= 4 is 17.5 Å². The van der Waals surface area contributed by atoms with E-state index in [0.29, 0.717) is 19.4 Å². The van der Waals surface area contributed by atoms with Crippen molar-refractivity contribution in [3.63, 3.8) is 0 Å². The van der Waals surface area contributed by atoms with E-state index in [1.807, 2.05) is 55.5 Å².